The Kier molecular flexibility index (Phi) is 8.69. The van der Waals surface area contributed by atoms with E-state index in [1.54, 1.807) is 48.5 Å². The lowest BCUT2D eigenvalue weighted by Gasteiger charge is -2.09. The van der Waals surface area contributed by atoms with Crippen LogP contribution in [0, 0.1) is 0 Å². The molecule has 154 valence electrons. The third-order valence-electron chi connectivity index (χ3n) is 4.18. The van der Waals surface area contributed by atoms with Crippen LogP contribution in [0.25, 0.3) is 0 Å². The summed E-state index contributed by atoms with van der Waals surface area (Å²) < 4.78 is 0. The van der Waals surface area contributed by atoms with Gasteiger partial charge in [0.15, 0.2) is 0 Å². The molecule has 0 radical (unpaired) electrons. The van der Waals surface area contributed by atoms with E-state index in [2.05, 4.69) is 28.2 Å². The fourth-order valence-corrected chi connectivity index (χ4v) is 2.58. The maximum Gasteiger partial charge on any atom is 0.251 e. The summed E-state index contributed by atoms with van der Waals surface area (Å²) in [4.78, 5) is 35.8. The van der Waals surface area contributed by atoms with Crippen LogP contribution >= 0.6 is 0 Å². The summed E-state index contributed by atoms with van der Waals surface area (Å²) in [6, 6.07) is 13.7. The fourth-order valence-electron chi connectivity index (χ4n) is 2.58. The number of nitrogens with one attached hydrogen (secondary N) is 4. The molecule has 29 heavy (non-hydrogen) atoms. The van der Waals surface area contributed by atoms with E-state index in [0.29, 0.717) is 29.9 Å². The second-order valence-electron chi connectivity index (χ2n) is 6.53. The number of amides is 3. The number of benzene rings is 2. The van der Waals surface area contributed by atoms with Gasteiger partial charge in [0.05, 0.1) is 6.54 Å². The molecule has 0 spiro atoms. The molecule has 7 nitrogen and oxygen atoms in total. The van der Waals surface area contributed by atoms with Crippen molar-refractivity contribution in [1.82, 2.24) is 10.6 Å². The molecule has 0 aliphatic heterocycles. The Bertz CT molecular complexity index is 817. The van der Waals surface area contributed by atoms with Gasteiger partial charge in [0.1, 0.15) is 0 Å². The van der Waals surface area contributed by atoms with Gasteiger partial charge in [-0.25, -0.2) is 0 Å². The molecule has 2 rings (SSSR count). The molecule has 0 aliphatic carbocycles. The predicted molar refractivity (Wildman–Crippen MR) is 115 cm³/mol. The highest BCUT2D eigenvalue weighted by Crippen LogP contribution is 2.11. The Hall–Kier alpha value is -3.35. The third-order valence-corrected chi connectivity index (χ3v) is 4.18. The lowest BCUT2D eigenvalue weighted by molar-refractivity contribution is -0.114. The highest BCUT2D eigenvalue weighted by atomic mass is 16.2. The van der Waals surface area contributed by atoms with Crippen LogP contribution < -0.4 is 21.3 Å². The molecule has 3 amide bonds. The van der Waals surface area contributed by atoms with Gasteiger partial charge in [0.2, 0.25) is 5.91 Å². The summed E-state index contributed by atoms with van der Waals surface area (Å²) in [6.45, 7) is 5.24. The Morgan fingerprint density at radius 1 is 0.759 bits per heavy atom. The van der Waals surface area contributed by atoms with E-state index in [1.165, 1.54) is 0 Å². The number of anilines is 2. The summed E-state index contributed by atoms with van der Waals surface area (Å²) in [7, 11) is 0. The van der Waals surface area contributed by atoms with E-state index < -0.39 is 0 Å². The number of rotatable bonds is 10. The summed E-state index contributed by atoms with van der Waals surface area (Å²) in [5, 5.41) is 11.4. The van der Waals surface area contributed by atoms with Gasteiger partial charge in [-0.3, -0.25) is 14.4 Å². The Balaban J connectivity index is 1.80. The molecule has 0 heterocycles. The van der Waals surface area contributed by atoms with E-state index in [0.717, 1.165) is 18.5 Å². The zero-order valence-electron chi connectivity index (χ0n) is 16.9. The van der Waals surface area contributed by atoms with Gasteiger partial charge in [-0.15, -0.1) is 0 Å². The van der Waals surface area contributed by atoms with Gasteiger partial charge in [-0.2, -0.15) is 0 Å². The van der Waals surface area contributed by atoms with Gasteiger partial charge in [0, 0.05) is 35.6 Å². The maximum atomic E-state index is 12.1. The fraction of sp³-hybridized carbons (Fsp3) is 0.318. The Morgan fingerprint density at radius 3 is 1.86 bits per heavy atom. The van der Waals surface area contributed by atoms with Crippen molar-refractivity contribution in [2.24, 2.45) is 0 Å². The van der Waals surface area contributed by atoms with Crippen LogP contribution in [-0.4, -0.2) is 37.4 Å². The Labute approximate surface area is 171 Å². The summed E-state index contributed by atoms with van der Waals surface area (Å²) in [5.41, 5.74) is 2.49. The molecule has 0 saturated carbocycles. The predicted octanol–water partition coefficient (Wildman–Crippen LogP) is 3.02. The lowest BCUT2D eigenvalue weighted by atomic mass is 10.2. The average molecular weight is 396 g/mol. The van der Waals surface area contributed by atoms with Crippen molar-refractivity contribution in [1.29, 1.82) is 0 Å². The van der Waals surface area contributed by atoms with Crippen molar-refractivity contribution >= 4 is 29.1 Å². The van der Waals surface area contributed by atoms with Crippen LogP contribution in [0.1, 0.15) is 47.4 Å². The average Bonchev–Trinajstić information content (AvgIpc) is 2.73. The molecule has 0 unspecified atom stereocenters. The van der Waals surface area contributed by atoms with E-state index in [4.69, 9.17) is 0 Å². The molecule has 4 N–H and O–H groups in total. The molecule has 0 aliphatic rings. The first-order valence-electron chi connectivity index (χ1n) is 9.83. The van der Waals surface area contributed by atoms with Crippen molar-refractivity contribution in [2.45, 2.75) is 26.7 Å². The minimum atomic E-state index is -0.210. The van der Waals surface area contributed by atoms with Crippen molar-refractivity contribution in [3.63, 3.8) is 0 Å². The van der Waals surface area contributed by atoms with Gasteiger partial charge in [0.25, 0.3) is 11.8 Å². The molecule has 0 saturated heterocycles. The minimum Gasteiger partial charge on any atom is -0.376 e. The van der Waals surface area contributed by atoms with Crippen molar-refractivity contribution in [3.05, 3.63) is 59.7 Å². The van der Waals surface area contributed by atoms with Crippen LogP contribution in [0.2, 0.25) is 0 Å². The highest BCUT2D eigenvalue weighted by molar-refractivity contribution is 5.97. The normalized spacial score (nSPS) is 10.1. The molecule has 0 atom stereocenters. The number of hydrogen-bond acceptors (Lipinski definition) is 4. The molecule has 0 bridgehead atoms. The summed E-state index contributed by atoms with van der Waals surface area (Å²) in [6.07, 6.45) is 1.97. The summed E-state index contributed by atoms with van der Waals surface area (Å²) >= 11 is 0. The van der Waals surface area contributed by atoms with E-state index in [-0.39, 0.29) is 24.3 Å². The van der Waals surface area contributed by atoms with Gasteiger partial charge < -0.3 is 21.3 Å². The number of carbonyl (C=O) groups is 3. The largest absolute Gasteiger partial charge is 0.376 e. The second kappa shape index (κ2) is 11.5. The van der Waals surface area contributed by atoms with Gasteiger partial charge >= 0.3 is 0 Å². The molecule has 0 aromatic heterocycles. The first-order valence-corrected chi connectivity index (χ1v) is 9.83. The van der Waals surface area contributed by atoms with E-state index >= 15 is 0 Å². The second-order valence-corrected chi connectivity index (χ2v) is 6.53. The van der Waals surface area contributed by atoms with Crippen molar-refractivity contribution < 1.29 is 14.4 Å². The number of unbranched alkanes of at least 4 members (excludes halogenated alkanes) is 1. The standard InChI is InChI=1S/C22H28N4O3/c1-3-5-14-24-22(29)17-8-12-19(13-9-17)26-20(27)15-25-18-10-6-16(7-11-18)21(28)23-4-2/h6-13,25H,3-5,14-15H2,1-2H3,(H,23,28)(H,24,29)(H,26,27). The van der Waals surface area contributed by atoms with Crippen LogP contribution in [-0.2, 0) is 4.79 Å². The molecular formula is C22H28N4O3. The van der Waals surface area contributed by atoms with E-state index in [1.807, 2.05) is 6.92 Å². The third kappa shape index (κ3) is 7.29. The van der Waals surface area contributed by atoms with E-state index in [9.17, 15) is 14.4 Å². The first-order chi connectivity index (χ1) is 14.0. The molecule has 7 heteroatoms. The van der Waals surface area contributed by atoms with Crippen LogP contribution in [0.15, 0.2) is 48.5 Å². The zero-order valence-corrected chi connectivity index (χ0v) is 16.9. The monoisotopic (exact) mass is 396 g/mol. The topological polar surface area (TPSA) is 99.3 Å². The molecule has 0 fully saturated rings. The quantitative estimate of drug-likeness (QED) is 0.464. The highest BCUT2D eigenvalue weighted by Gasteiger charge is 2.07. The smallest absolute Gasteiger partial charge is 0.251 e. The van der Waals surface area contributed by atoms with Crippen LogP contribution in [0.4, 0.5) is 11.4 Å². The summed E-state index contributed by atoms with van der Waals surface area (Å²) in [5.74, 6) is -0.453. The Morgan fingerprint density at radius 2 is 1.31 bits per heavy atom. The van der Waals surface area contributed by atoms with Gasteiger partial charge in [-0.1, -0.05) is 13.3 Å². The van der Waals surface area contributed by atoms with Crippen LogP contribution in [0.5, 0.6) is 0 Å². The minimum absolute atomic E-state index is 0.0831. The molecular weight excluding hydrogens is 368 g/mol. The number of hydrogen-bond donors (Lipinski definition) is 4. The van der Waals surface area contributed by atoms with Crippen molar-refractivity contribution in [2.75, 3.05) is 30.3 Å². The SMILES string of the molecule is CCCCNC(=O)c1ccc(NC(=O)CNc2ccc(C(=O)NCC)cc2)cc1. The first kappa shape index (κ1) is 21.9. The lowest BCUT2D eigenvalue weighted by Crippen LogP contribution is -2.24. The molecule has 2 aromatic rings. The molecule has 2 aromatic carbocycles. The zero-order chi connectivity index (χ0) is 21.1. The van der Waals surface area contributed by atoms with Crippen LogP contribution in [0.3, 0.4) is 0 Å². The number of carbonyl (C=O) groups excluding carboxylic acids is 3. The van der Waals surface area contributed by atoms with Crippen molar-refractivity contribution in [3.8, 4) is 0 Å². The van der Waals surface area contributed by atoms with Gasteiger partial charge in [-0.05, 0) is 61.9 Å². The maximum absolute atomic E-state index is 12.1.